The summed E-state index contributed by atoms with van der Waals surface area (Å²) in [4.78, 5) is 12.2. The van der Waals surface area contributed by atoms with E-state index in [-0.39, 0.29) is 5.91 Å². The molecule has 0 aliphatic carbocycles. The van der Waals surface area contributed by atoms with Crippen molar-refractivity contribution in [3.05, 3.63) is 47.3 Å². The molecule has 1 aliphatic rings. The number of rotatable bonds is 5. The van der Waals surface area contributed by atoms with Gasteiger partial charge in [-0.1, -0.05) is 6.07 Å². The summed E-state index contributed by atoms with van der Waals surface area (Å²) >= 11 is 0. The average Bonchev–Trinajstić information content (AvgIpc) is 3.12. The first-order chi connectivity index (χ1) is 10.3. The van der Waals surface area contributed by atoms with Crippen LogP contribution >= 0.6 is 0 Å². The molecule has 0 bridgehead atoms. The molecule has 0 atom stereocenters. The number of aromatic nitrogens is 2. The second-order valence-corrected chi connectivity index (χ2v) is 5.03. The maximum atomic E-state index is 12.2. The number of carbonyl (C=O) groups excluding carboxylic acids is 1. The van der Waals surface area contributed by atoms with Crippen molar-refractivity contribution in [3.8, 4) is 0 Å². The van der Waals surface area contributed by atoms with Crippen molar-refractivity contribution < 1.29 is 9.53 Å². The van der Waals surface area contributed by atoms with Crippen molar-refractivity contribution in [3.63, 3.8) is 0 Å². The van der Waals surface area contributed by atoms with Crippen molar-refractivity contribution in [1.82, 2.24) is 15.1 Å². The summed E-state index contributed by atoms with van der Waals surface area (Å²) in [7, 11) is 1.65. The topological polar surface area (TPSA) is 68.2 Å². The Hall–Kier alpha value is -2.18. The van der Waals surface area contributed by atoms with Crippen LogP contribution in [0.5, 0.6) is 0 Å². The largest absolute Gasteiger partial charge is 0.383 e. The lowest BCUT2D eigenvalue weighted by Crippen LogP contribution is -2.12. The fourth-order valence-corrected chi connectivity index (χ4v) is 2.37. The molecule has 0 unspecified atom stereocenters. The zero-order valence-corrected chi connectivity index (χ0v) is 11.9. The molecule has 0 spiro atoms. The summed E-state index contributed by atoms with van der Waals surface area (Å²) in [5.74, 6) is -0.115. The van der Waals surface area contributed by atoms with E-state index in [0.29, 0.717) is 24.4 Å². The maximum absolute atomic E-state index is 12.2. The van der Waals surface area contributed by atoms with Gasteiger partial charge in [0.05, 0.1) is 25.0 Å². The molecule has 6 nitrogen and oxygen atoms in total. The smallest absolute Gasteiger partial charge is 0.255 e. The Labute approximate surface area is 123 Å². The standard InChI is InChI=1S/C15H18N4O2/c1-21-5-4-19-10-14(9-17-19)18-15(20)11-2-3-12-7-16-8-13(12)6-11/h2-3,6,9-10,16H,4-5,7-8H2,1H3,(H,18,20). The average molecular weight is 286 g/mol. The first-order valence-corrected chi connectivity index (χ1v) is 6.91. The van der Waals surface area contributed by atoms with E-state index in [1.165, 1.54) is 11.1 Å². The Morgan fingerprint density at radius 3 is 3.14 bits per heavy atom. The summed E-state index contributed by atoms with van der Waals surface area (Å²) in [5.41, 5.74) is 3.81. The van der Waals surface area contributed by atoms with Crippen LogP contribution < -0.4 is 10.6 Å². The predicted molar refractivity (Wildman–Crippen MR) is 79.0 cm³/mol. The number of nitrogens with one attached hydrogen (secondary N) is 2. The first kappa shape index (κ1) is 13.8. The van der Waals surface area contributed by atoms with Crippen LogP contribution in [-0.4, -0.2) is 29.4 Å². The SMILES string of the molecule is COCCn1cc(NC(=O)c2ccc3c(c2)CNC3)cn1. The molecular formula is C15H18N4O2. The van der Waals surface area contributed by atoms with Crippen LogP contribution in [0, 0.1) is 0 Å². The van der Waals surface area contributed by atoms with Gasteiger partial charge in [-0.25, -0.2) is 0 Å². The van der Waals surface area contributed by atoms with Gasteiger partial charge in [-0.15, -0.1) is 0 Å². The molecule has 0 saturated carbocycles. The summed E-state index contributed by atoms with van der Waals surface area (Å²) in [6, 6.07) is 5.81. The van der Waals surface area contributed by atoms with Crippen molar-refractivity contribution in [2.24, 2.45) is 0 Å². The quantitative estimate of drug-likeness (QED) is 0.871. The summed E-state index contributed by atoms with van der Waals surface area (Å²) < 4.78 is 6.74. The molecular weight excluding hydrogens is 268 g/mol. The molecule has 0 saturated heterocycles. The highest BCUT2D eigenvalue weighted by atomic mass is 16.5. The molecule has 110 valence electrons. The van der Waals surface area contributed by atoms with E-state index in [4.69, 9.17) is 4.74 Å². The number of methoxy groups -OCH3 is 1. The van der Waals surface area contributed by atoms with Gasteiger partial charge in [-0.3, -0.25) is 9.48 Å². The Morgan fingerprint density at radius 2 is 2.29 bits per heavy atom. The van der Waals surface area contributed by atoms with E-state index < -0.39 is 0 Å². The highest BCUT2D eigenvalue weighted by Gasteiger charge is 2.14. The lowest BCUT2D eigenvalue weighted by atomic mass is 10.1. The van der Waals surface area contributed by atoms with E-state index in [1.807, 2.05) is 18.2 Å². The van der Waals surface area contributed by atoms with Crippen LogP contribution in [0.1, 0.15) is 21.5 Å². The molecule has 1 aromatic carbocycles. The normalized spacial score (nSPS) is 13.2. The molecule has 0 radical (unpaired) electrons. The van der Waals surface area contributed by atoms with Crippen LogP contribution in [-0.2, 0) is 24.4 Å². The monoisotopic (exact) mass is 286 g/mol. The summed E-state index contributed by atoms with van der Waals surface area (Å²) in [6.07, 6.45) is 3.44. The minimum absolute atomic E-state index is 0.115. The second kappa shape index (κ2) is 6.07. The number of hydrogen-bond acceptors (Lipinski definition) is 4. The van der Waals surface area contributed by atoms with E-state index in [1.54, 1.807) is 24.2 Å². The number of fused-ring (bicyclic) bond motifs is 1. The Kier molecular flexibility index (Phi) is 3.98. The Morgan fingerprint density at radius 1 is 1.43 bits per heavy atom. The molecule has 2 aromatic rings. The maximum Gasteiger partial charge on any atom is 0.255 e. The highest BCUT2D eigenvalue weighted by Crippen LogP contribution is 2.18. The zero-order chi connectivity index (χ0) is 14.7. The van der Waals surface area contributed by atoms with Crippen LogP contribution in [0.2, 0.25) is 0 Å². The van der Waals surface area contributed by atoms with Crippen LogP contribution in [0.4, 0.5) is 5.69 Å². The summed E-state index contributed by atoms with van der Waals surface area (Å²) in [6.45, 7) is 2.96. The fourth-order valence-electron chi connectivity index (χ4n) is 2.37. The molecule has 2 heterocycles. The van der Waals surface area contributed by atoms with Gasteiger partial charge in [0.2, 0.25) is 0 Å². The Balaban J connectivity index is 1.67. The van der Waals surface area contributed by atoms with Gasteiger partial charge in [-0.2, -0.15) is 5.10 Å². The van der Waals surface area contributed by atoms with Gasteiger partial charge in [-0.05, 0) is 23.3 Å². The van der Waals surface area contributed by atoms with Gasteiger partial charge < -0.3 is 15.4 Å². The zero-order valence-electron chi connectivity index (χ0n) is 11.9. The second-order valence-electron chi connectivity index (χ2n) is 5.03. The number of anilines is 1. The molecule has 21 heavy (non-hydrogen) atoms. The van der Waals surface area contributed by atoms with Crippen molar-refractivity contribution in [2.45, 2.75) is 19.6 Å². The van der Waals surface area contributed by atoms with Gasteiger partial charge in [0.1, 0.15) is 0 Å². The number of nitrogens with zero attached hydrogens (tertiary/aromatic N) is 2. The molecule has 6 heteroatoms. The van der Waals surface area contributed by atoms with Crippen molar-refractivity contribution >= 4 is 11.6 Å². The number of benzene rings is 1. The third-order valence-electron chi connectivity index (χ3n) is 3.51. The minimum Gasteiger partial charge on any atom is -0.383 e. The highest BCUT2D eigenvalue weighted by molar-refractivity contribution is 6.04. The predicted octanol–water partition coefficient (Wildman–Crippen LogP) is 1.38. The molecule has 0 fully saturated rings. The number of carbonyl (C=O) groups is 1. The number of hydrogen-bond donors (Lipinski definition) is 2. The lowest BCUT2D eigenvalue weighted by Gasteiger charge is -2.05. The van der Waals surface area contributed by atoms with Crippen LogP contribution in [0.3, 0.4) is 0 Å². The third-order valence-corrected chi connectivity index (χ3v) is 3.51. The molecule has 1 aliphatic heterocycles. The number of ether oxygens (including phenoxy) is 1. The van der Waals surface area contributed by atoms with Gasteiger partial charge in [0.25, 0.3) is 5.91 Å². The van der Waals surface area contributed by atoms with Crippen LogP contribution in [0.15, 0.2) is 30.6 Å². The first-order valence-electron chi connectivity index (χ1n) is 6.91. The molecule has 1 aromatic heterocycles. The van der Waals surface area contributed by atoms with Crippen molar-refractivity contribution in [1.29, 1.82) is 0 Å². The molecule has 3 rings (SSSR count). The Bertz CT molecular complexity index is 651. The van der Waals surface area contributed by atoms with Gasteiger partial charge in [0.15, 0.2) is 0 Å². The lowest BCUT2D eigenvalue weighted by molar-refractivity contribution is 0.102. The molecule has 2 N–H and O–H groups in total. The minimum atomic E-state index is -0.115. The number of amides is 1. The summed E-state index contributed by atoms with van der Waals surface area (Å²) in [5, 5.41) is 10.3. The molecule has 1 amide bonds. The van der Waals surface area contributed by atoms with Crippen molar-refractivity contribution in [2.75, 3.05) is 19.0 Å². The third kappa shape index (κ3) is 3.12. The van der Waals surface area contributed by atoms with Gasteiger partial charge >= 0.3 is 0 Å². The fraction of sp³-hybridized carbons (Fsp3) is 0.333. The van der Waals surface area contributed by atoms with E-state index in [2.05, 4.69) is 15.7 Å². The van der Waals surface area contributed by atoms with E-state index >= 15 is 0 Å². The van der Waals surface area contributed by atoms with E-state index in [9.17, 15) is 4.79 Å². The van der Waals surface area contributed by atoms with E-state index in [0.717, 1.165) is 13.1 Å². The van der Waals surface area contributed by atoms with Gasteiger partial charge in [0, 0.05) is 32.0 Å². The van der Waals surface area contributed by atoms with Crippen LogP contribution in [0.25, 0.3) is 0 Å².